The first kappa shape index (κ1) is 23.9. The Morgan fingerprint density at radius 2 is 1.74 bits per heavy atom. The average Bonchev–Trinajstić information content (AvgIpc) is 2.87. The van der Waals surface area contributed by atoms with E-state index in [0.717, 1.165) is 5.56 Å². The van der Waals surface area contributed by atoms with Gasteiger partial charge in [-0.15, -0.1) is 0 Å². The summed E-state index contributed by atoms with van der Waals surface area (Å²) in [5.74, 6) is 0.112. The third-order valence-corrected chi connectivity index (χ3v) is 6.25. The standard InChI is InChI=1S/C25H27ClN2O6/c1-16(19-4-7-21-22(14-19)33-13-12-32-21)27-23(29)15-34-25(31)18-8-10-28(11-9-18)24(30)17-2-5-20(26)6-3-17/h2-7,14,16,18H,8-13,15H2,1H3,(H,27,29). The molecular weight excluding hydrogens is 460 g/mol. The van der Waals surface area contributed by atoms with Gasteiger partial charge in [0.15, 0.2) is 18.1 Å². The number of likely N-dealkylation sites (tertiary alicyclic amines) is 1. The van der Waals surface area contributed by atoms with Gasteiger partial charge in [0.2, 0.25) is 0 Å². The summed E-state index contributed by atoms with van der Waals surface area (Å²) in [5, 5.41) is 3.40. The largest absolute Gasteiger partial charge is 0.486 e. The summed E-state index contributed by atoms with van der Waals surface area (Å²) in [6.07, 6.45) is 0.987. The molecule has 0 aromatic heterocycles. The molecule has 0 bridgehead atoms. The number of fused-ring (bicyclic) bond motifs is 1. The van der Waals surface area contributed by atoms with E-state index in [1.807, 2.05) is 25.1 Å². The summed E-state index contributed by atoms with van der Waals surface area (Å²) in [7, 11) is 0. The molecule has 1 unspecified atom stereocenters. The number of rotatable bonds is 6. The fourth-order valence-corrected chi connectivity index (χ4v) is 4.17. The Morgan fingerprint density at radius 1 is 1.06 bits per heavy atom. The Kier molecular flexibility index (Phi) is 7.57. The Morgan fingerprint density at radius 3 is 2.44 bits per heavy atom. The van der Waals surface area contributed by atoms with Crippen molar-refractivity contribution in [2.45, 2.75) is 25.8 Å². The van der Waals surface area contributed by atoms with Gasteiger partial charge in [-0.3, -0.25) is 14.4 Å². The van der Waals surface area contributed by atoms with E-state index in [-0.39, 0.29) is 30.4 Å². The maximum Gasteiger partial charge on any atom is 0.309 e. The van der Waals surface area contributed by atoms with Gasteiger partial charge in [-0.05, 0) is 61.7 Å². The zero-order chi connectivity index (χ0) is 24.1. The van der Waals surface area contributed by atoms with Gasteiger partial charge < -0.3 is 24.4 Å². The molecule has 180 valence electrons. The number of halogens is 1. The number of ether oxygens (including phenoxy) is 3. The van der Waals surface area contributed by atoms with Gasteiger partial charge in [0.25, 0.3) is 11.8 Å². The highest BCUT2D eigenvalue weighted by Crippen LogP contribution is 2.32. The maximum atomic E-state index is 12.6. The summed E-state index contributed by atoms with van der Waals surface area (Å²) in [4.78, 5) is 39.1. The Labute approximate surface area is 203 Å². The van der Waals surface area contributed by atoms with Crippen LogP contribution < -0.4 is 14.8 Å². The van der Waals surface area contributed by atoms with Crippen molar-refractivity contribution in [1.29, 1.82) is 0 Å². The number of nitrogens with zero attached hydrogens (tertiary/aromatic N) is 1. The topological polar surface area (TPSA) is 94.2 Å². The van der Waals surface area contributed by atoms with Crippen LogP contribution in [-0.4, -0.2) is 55.6 Å². The zero-order valence-electron chi connectivity index (χ0n) is 18.9. The predicted octanol–water partition coefficient (Wildman–Crippen LogP) is 3.38. The van der Waals surface area contributed by atoms with E-state index in [4.69, 9.17) is 25.8 Å². The van der Waals surface area contributed by atoms with Crippen LogP contribution in [0.15, 0.2) is 42.5 Å². The van der Waals surface area contributed by atoms with E-state index in [1.54, 1.807) is 29.2 Å². The summed E-state index contributed by atoms with van der Waals surface area (Å²) < 4.78 is 16.3. The molecule has 8 nitrogen and oxygen atoms in total. The van der Waals surface area contributed by atoms with Gasteiger partial charge >= 0.3 is 5.97 Å². The summed E-state index contributed by atoms with van der Waals surface area (Å²) >= 11 is 5.88. The molecule has 4 rings (SSSR count). The lowest BCUT2D eigenvalue weighted by Crippen LogP contribution is -2.41. The van der Waals surface area contributed by atoms with Crippen LogP contribution in [-0.2, 0) is 14.3 Å². The van der Waals surface area contributed by atoms with Crippen LogP contribution >= 0.6 is 11.6 Å². The molecular formula is C25H27ClN2O6. The molecule has 2 aliphatic heterocycles. The molecule has 2 aliphatic rings. The van der Waals surface area contributed by atoms with Crippen LogP contribution in [0.3, 0.4) is 0 Å². The fourth-order valence-electron chi connectivity index (χ4n) is 4.04. The SMILES string of the molecule is CC(NC(=O)COC(=O)C1CCN(C(=O)c2ccc(Cl)cc2)CC1)c1ccc2c(c1)OCCO2. The van der Waals surface area contributed by atoms with E-state index in [9.17, 15) is 14.4 Å². The third kappa shape index (κ3) is 5.80. The number of carbonyl (C=O) groups is 3. The smallest absolute Gasteiger partial charge is 0.309 e. The first-order chi connectivity index (χ1) is 16.4. The van der Waals surface area contributed by atoms with Crippen molar-refractivity contribution in [1.82, 2.24) is 10.2 Å². The highest BCUT2D eigenvalue weighted by Gasteiger charge is 2.29. The molecule has 2 aromatic rings. The van der Waals surface area contributed by atoms with Crippen molar-refractivity contribution >= 4 is 29.4 Å². The summed E-state index contributed by atoms with van der Waals surface area (Å²) in [5.41, 5.74) is 1.43. The van der Waals surface area contributed by atoms with Gasteiger partial charge in [0.05, 0.1) is 12.0 Å². The average molecular weight is 487 g/mol. The van der Waals surface area contributed by atoms with E-state index in [0.29, 0.717) is 61.2 Å². The maximum absolute atomic E-state index is 12.6. The predicted molar refractivity (Wildman–Crippen MR) is 125 cm³/mol. The van der Waals surface area contributed by atoms with Crippen molar-refractivity contribution in [2.24, 2.45) is 5.92 Å². The fraction of sp³-hybridized carbons (Fsp3) is 0.400. The second kappa shape index (κ2) is 10.8. The van der Waals surface area contributed by atoms with Gasteiger partial charge in [0.1, 0.15) is 13.2 Å². The molecule has 1 atom stereocenters. The first-order valence-electron chi connectivity index (χ1n) is 11.3. The molecule has 1 fully saturated rings. The highest BCUT2D eigenvalue weighted by molar-refractivity contribution is 6.30. The number of esters is 1. The molecule has 1 N–H and O–H groups in total. The molecule has 9 heteroatoms. The van der Waals surface area contributed by atoms with Gasteiger partial charge in [-0.25, -0.2) is 0 Å². The number of hydrogen-bond acceptors (Lipinski definition) is 6. The molecule has 0 radical (unpaired) electrons. The lowest BCUT2D eigenvalue weighted by molar-refractivity contribution is -0.154. The monoisotopic (exact) mass is 486 g/mol. The summed E-state index contributed by atoms with van der Waals surface area (Å²) in [6, 6.07) is 12.0. The van der Waals surface area contributed by atoms with Crippen molar-refractivity contribution < 1.29 is 28.6 Å². The van der Waals surface area contributed by atoms with Crippen molar-refractivity contribution in [3.63, 3.8) is 0 Å². The molecule has 0 saturated carbocycles. The van der Waals surface area contributed by atoms with Crippen LogP contribution in [0.25, 0.3) is 0 Å². The lowest BCUT2D eigenvalue weighted by atomic mass is 9.96. The van der Waals surface area contributed by atoms with Crippen molar-refractivity contribution in [3.8, 4) is 11.5 Å². The van der Waals surface area contributed by atoms with Gasteiger partial charge in [-0.2, -0.15) is 0 Å². The van der Waals surface area contributed by atoms with E-state index >= 15 is 0 Å². The number of amides is 2. The summed E-state index contributed by atoms with van der Waals surface area (Å²) in [6.45, 7) is 3.41. The van der Waals surface area contributed by atoms with Gasteiger partial charge in [0, 0.05) is 23.7 Å². The molecule has 2 aromatic carbocycles. The molecule has 1 saturated heterocycles. The van der Waals surface area contributed by atoms with Crippen LogP contribution in [0.2, 0.25) is 5.02 Å². The van der Waals surface area contributed by atoms with E-state index < -0.39 is 5.97 Å². The van der Waals surface area contributed by atoms with Crippen LogP contribution in [0.4, 0.5) is 0 Å². The second-order valence-electron chi connectivity index (χ2n) is 8.37. The Balaban J connectivity index is 1.20. The van der Waals surface area contributed by atoms with Crippen LogP contribution in [0.1, 0.15) is 41.7 Å². The lowest BCUT2D eigenvalue weighted by Gasteiger charge is -2.31. The normalized spacial score (nSPS) is 16.5. The minimum Gasteiger partial charge on any atom is -0.486 e. The molecule has 0 spiro atoms. The number of nitrogens with one attached hydrogen (secondary N) is 1. The third-order valence-electron chi connectivity index (χ3n) is 6.00. The molecule has 34 heavy (non-hydrogen) atoms. The van der Waals surface area contributed by atoms with Crippen LogP contribution in [0, 0.1) is 5.92 Å². The number of benzene rings is 2. The van der Waals surface area contributed by atoms with Crippen LogP contribution in [0.5, 0.6) is 11.5 Å². The molecule has 0 aliphatic carbocycles. The first-order valence-corrected chi connectivity index (χ1v) is 11.7. The molecule has 2 heterocycles. The van der Waals surface area contributed by atoms with E-state index in [1.165, 1.54) is 0 Å². The number of hydrogen-bond donors (Lipinski definition) is 1. The molecule has 2 amide bonds. The van der Waals surface area contributed by atoms with Gasteiger partial charge in [-0.1, -0.05) is 17.7 Å². The second-order valence-corrected chi connectivity index (χ2v) is 8.81. The minimum atomic E-state index is -0.416. The Hall–Kier alpha value is -3.26. The zero-order valence-corrected chi connectivity index (χ0v) is 19.7. The number of piperidine rings is 1. The number of carbonyl (C=O) groups excluding carboxylic acids is 3. The van der Waals surface area contributed by atoms with E-state index in [2.05, 4.69) is 5.32 Å². The van der Waals surface area contributed by atoms with Crippen molar-refractivity contribution in [3.05, 3.63) is 58.6 Å². The quantitative estimate of drug-likeness (QED) is 0.629. The highest BCUT2D eigenvalue weighted by atomic mass is 35.5. The Bertz CT molecular complexity index is 1050. The minimum absolute atomic E-state index is 0.0870. The van der Waals surface area contributed by atoms with Crippen molar-refractivity contribution in [2.75, 3.05) is 32.9 Å².